The molecule has 2 aromatic rings. The lowest BCUT2D eigenvalue weighted by atomic mass is 9.74. The molecule has 8 aliphatic carbocycles. The number of hydrogen-bond donors (Lipinski definition) is 2. The van der Waals surface area contributed by atoms with E-state index < -0.39 is 80.1 Å². The van der Waals surface area contributed by atoms with Crippen LogP contribution in [0.1, 0.15) is 64.2 Å². The smallest absolute Gasteiger partial charge is 0.185 e. The lowest BCUT2D eigenvalue weighted by Crippen LogP contribution is -2.42. The van der Waals surface area contributed by atoms with E-state index in [2.05, 4.69) is 10.6 Å². The van der Waals surface area contributed by atoms with E-state index in [4.69, 9.17) is 0 Å². The lowest BCUT2D eigenvalue weighted by Gasteiger charge is -2.41. The Labute approximate surface area is 225 Å². The molecule has 0 amide bonds. The SMILES string of the molecule is Fc1c(F)c(-c2c(F)c(F)c(NC34CC5CC(C3)C(C5)C4)c(F)c2F)c(F)c(F)c1NC12CC3=C(CC(C3)C1)C2. The van der Waals surface area contributed by atoms with Crippen molar-refractivity contribution in [1.29, 1.82) is 0 Å². The maximum atomic E-state index is 15.3. The number of rotatable bonds is 5. The van der Waals surface area contributed by atoms with Crippen molar-refractivity contribution in [2.45, 2.75) is 75.3 Å². The van der Waals surface area contributed by atoms with E-state index in [1.54, 1.807) is 0 Å². The first-order chi connectivity index (χ1) is 19.0. The number of benzene rings is 2. The summed E-state index contributed by atoms with van der Waals surface area (Å²) in [4.78, 5) is 0. The average Bonchev–Trinajstić information content (AvgIpc) is 3.53. The van der Waals surface area contributed by atoms with Crippen LogP contribution in [0.5, 0.6) is 0 Å². The molecular weight excluding hydrogens is 540 g/mol. The van der Waals surface area contributed by atoms with Crippen LogP contribution in [-0.2, 0) is 0 Å². The zero-order chi connectivity index (χ0) is 27.9. The Hall–Kier alpha value is -2.78. The molecule has 6 saturated carbocycles. The van der Waals surface area contributed by atoms with E-state index in [9.17, 15) is 0 Å². The molecule has 10 rings (SSSR count). The van der Waals surface area contributed by atoms with Crippen LogP contribution in [0, 0.1) is 70.2 Å². The molecule has 2 nitrogen and oxygen atoms in total. The van der Waals surface area contributed by atoms with Gasteiger partial charge in [-0.15, -0.1) is 0 Å². The van der Waals surface area contributed by atoms with Crippen LogP contribution in [-0.4, -0.2) is 11.1 Å². The molecule has 0 saturated heterocycles. The fourth-order valence-corrected chi connectivity index (χ4v) is 9.73. The molecule has 2 aromatic carbocycles. The summed E-state index contributed by atoms with van der Waals surface area (Å²) in [5.74, 6) is -14.7. The summed E-state index contributed by atoms with van der Waals surface area (Å²) in [5, 5.41) is 5.35. The Morgan fingerprint density at radius 3 is 1.27 bits per heavy atom. The monoisotopic (exact) mass is 566 g/mol. The standard InChI is InChI=1S/C30H26F8N2/c31-19-17(20(32)24(36)27(23(19)35)39-29-5-11-1-13(7-29)14(2-11)8-29)18-21(33)25(37)28(26(38)22(18)34)40-30-6-12-3-15(9-30)16(4-12)10-30/h11-14,39-40H,1-10H2. The van der Waals surface area contributed by atoms with E-state index in [0.717, 1.165) is 25.7 Å². The third kappa shape index (κ3) is 3.22. The molecule has 8 bridgehead atoms. The topological polar surface area (TPSA) is 24.1 Å². The van der Waals surface area contributed by atoms with Gasteiger partial charge in [0.2, 0.25) is 0 Å². The van der Waals surface area contributed by atoms with Gasteiger partial charge in [-0.3, -0.25) is 0 Å². The molecule has 40 heavy (non-hydrogen) atoms. The summed E-state index contributed by atoms with van der Waals surface area (Å²) in [6, 6.07) is 0. The van der Waals surface area contributed by atoms with Gasteiger partial charge in [-0.05, 0) is 87.9 Å². The molecule has 2 unspecified atom stereocenters. The molecule has 2 N–H and O–H groups in total. The van der Waals surface area contributed by atoms with Gasteiger partial charge in [0.15, 0.2) is 46.5 Å². The first-order valence-electron chi connectivity index (χ1n) is 14.0. The highest BCUT2D eigenvalue weighted by atomic mass is 19.2. The van der Waals surface area contributed by atoms with Crippen molar-refractivity contribution in [1.82, 2.24) is 0 Å². The Morgan fingerprint density at radius 2 is 0.875 bits per heavy atom. The molecule has 2 atom stereocenters. The summed E-state index contributed by atoms with van der Waals surface area (Å²) in [5.41, 5.74) is -4.96. The minimum Gasteiger partial charge on any atom is -0.375 e. The van der Waals surface area contributed by atoms with E-state index in [0.29, 0.717) is 56.3 Å². The van der Waals surface area contributed by atoms with Crippen molar-refractivity contribution in [3.63, 3.8) is 0 Å². The van der Waals surface area contributed by atoms with Gasteiger partial charge >= 0.3 is 0 Å². The summed E-state index contributed by atoms with van der Waals surface area (Å²) < 4.78 is 122. The van der Waals surface area contributed by atoms with E-state index in [1.165, 1.54) is 11.1 Å². The fourth-order valence-electron chi connectivity index (χ4n) is 9.73. The Bertz CT molecular complexity index is 1380. The number of anilines is 2. The van der Waals surface area contributed by atoms with Gasteiger partial charge in [-0.1, -0.05) is 11.1 Å². The average molecular weight is 567 g/mol. The molecule has 0 heterocycles. The van der Waals surface area contributed by atoms with E-state index in [1.807, 2.05) is 0 Å². The van der Waals surface area contributed by atoms with Crippen LogP contribution in [0.25, 0.3) is 11.1 Å². The van der Waals surface area contributed by atoms with Crippen LogP contribution >= 0.6 is 0 Å². The van der Waals surface area contributed by atoms with Gasteiger partial charge < -0.3 is 10.6 Å². The zero-order valence-corrected chi connectivity index (χ0v) is 21.4. The largest absolute Gasteiger partial charge is 0.375 e. The third-order valence-electron chi connectivity index (χ3n) is 10.8. The van der Waals surface area contributed by atoms with Crippen molar-refractivity contribution < 1.29 is 35.1 Å². The minimum absolute atomic E-state index is 0.287. The van der Waals surface area contributed by atoms with Crippen molar-refractivity contribution in [2.75, 3.05) is 10.6 Å². The zero-order valence-electron chi connectivity index (χ0n) is 21.4. The normalized spacial score (nSPS) is 34.6. The van der Waals surface area contributed by atoms with Gasteiger partial charge in [0, 0.05) is 11.1 Å². The fraction of sp³-hybridized carbons (Fsp3) is 0.533. The third-order valence-corrected chi connectivity index (χ3v) is 10.8. The van der Waals surface area contributed by atoms with Crippen molar-refractivity contribution in [2.24, 2.45) is 23.7 Å². The second kappa shape index (κ2) is 7.94. The van der Waals surface area contributed by atoms with Crippen LogP contribution < -0.4 is 10.6 Å². The Balaban J connectivity index is 1.18. The van der Waals surface area contributed by atoms with Crippen LogP contribution in [0.15, 0.2) is 11.1 Å². The highest BCUT2D eigenvalue weighted by molar-refractivity contribution is 5.73. The second-order valence-corrected chi connectivity index (χ2v) is 13.3. The maximum Gasteiger partial charge on any atom is 0.185 e. The molecule has 0 aliphatic heterocycles. The van der Waals surface area contributed by atoms with Gasteiger partial charge in [0.25, 0.3) is 0 Å². The summed E-state index contributed by atoms with van der Waals surface area (Å²) >= 11 is 0. The van der Waals surface area contributed by atoms with Gasteiger partial charge in [0.1, 0.15) is 11.4 Å². The molecule has 0 spiro atoms. The molecule has 6 fully saturated rings. The molecular formula is C30H26F8N2. The maximum absolute atomic E-state index is 15.3. The van der Waals surface area contributed by atoms with Crippen LogP contribution in [0.4, 0.5) is 46.5 Å². The molecule has 8 aliphatic rings. The Morgan fingerprint density at radius 1 is 0.475 bits per heavy atom. The molecule has 0 radical (unpaired) electrons. The first-order valence-corrected chi connectivity index (χ1v) is 14.0. The minimum atomic E-state index is -2.13. The quantitative estimate of drug-likeness (QED) is 0.215. The van der Waals surface area contributed by atoms with E-state index >= 15 is 35.1 Å². The summed E-state index contributed by atoms with van der Waals surface area (Å²) in [6.45, 7) is 0. The van der Waals surface area contributed by atoms with Crippen LogP contribution in [0.3, 0.4) is 0 Å². The number of halogens is 8. The number of nitrogens with one attached hydrogen (secondary N) is 2. The predicted octanol–water partition coefficient (Wildman–Crippen LogP) is 8.51. The van der Waals surface area contributed by atoms with Crippen LogP contribution in [0.2, 0.25) is 0 Å². The van der Waals surface area contributed by atoms with E-state index in [-0.39, 0.29) is 5.92 Å². The molecule has 10 heteroatoms. The summed E-state index contributed by atoms with van der Waals surface area (Å²) in [6.07, 6.45) is 7.16. The second-order valence-electron chi connectivity index (χ2n) is 13.3. The highest BCUT2D eigenvalue weighted by Gasteiger charge is 2.56. The van der Waals surface area contributed by atoms with Crippen molar-refractivity contribution >= 4 is 11.4 Å². The molecule has 212 valence electrons. The summed E-state index contributed by atoms with van der Waals surface area (Å²) in [7, 11) is 0. The van der Waals surface area contributed by atoms with Gasteiger partial charge in [-0.25, -0.2) is 35.1 Å². The van der Waals surface area contributed by atoms with Crippen molar-refractivity contribution in [3.8, 4) is 11.1 Å². The highest BCUT2D eigenvalue weighted by Crippen LogP contribution is 2.61. The van der Waals surface area contributed by atoms with Gasteiger partial charge in [-0.2, -0.15) is 0 Å². The first kappa shape index (κ1) is 25.0. The predicted molar refractivity (Wildman–Crippen MR) is 131 cm³/mol. The number of hydrogen-bond acceptors (Lipinski definition) is 2. The van der Waals surface area contributed by atoms with Crippen molar-refractivity contribution in [3.05, 3.63) is 57.7 Å². The Kier molecular flexibility index (Phi) is 4.96. The lowest BCUT2D eigenvalue weighted by molar-refractivity contribution is 0.252. The molecule has 0 aromatic heterocycles. The van der Waals surface area contributed by atoms with Gasteiger partial charge in [0.05, 0.1) is 11.1 Å².